The van der Waals surface area contributed by atoms with Gasteiger partial charge in [0.15, 0.2) is 5.78 Å². The van der Waals surface area contributed by atoms with E-state index in [1.807, 2.05) is 12.2 Å². The zero-order valence-electron chi connectivity index (χ0n) is 31.1. The Morgan fingerprint density at radius 2 is 1.15 bits per heavy atom. The van der Waals surface area contributed by atoms with Gasteiger partial charge in [0.2, 0.25) is 5.91 Å². The lowest BCUT2D eigenvalue weighted by atomic mass is 10.1. The summed E-state index contributed by atoms with van der Waals surface area (Å²) in [4.78, 5) is 49.3. The molecule has 0 saturated heterocycles. The number of unbranched alkanes of at least 4 members (excludes halogenated alkanes) is 4. The van der Waals surface area contributed by atoms with Crippen LogP contribution in [0.25, 0.3) is 0 Å². The first-order valence-electron chi connectivity index (χ1n) is 18.5. The number of benzene rings is 2. The first-order valence-corrected chi connectivity index (χ1v) is 18.5. The fourth-order valence-electron chi connectivity index (χ4n) is 4.76. The van der Waals surface area contributed by atoms with Crippen LogP contribution in [-0.2, 0) is 9.59 Å². The molecule has 1 N–H and O–H groups in total. The summed E-state index contributed by atoms with van der Waals surface area (Å²) in [5, 5.41) is 10.8. The first kappa shape index (κ1) is 42.9. The lowest BCUT2D eigenvalue weighted by Gasteiger charge is -2.08. The van der Waals surface area contributed by atoms with E-state index in [1.165, 1.54) is 19.1 Å². The Hall–Kier alpha value is -5.24. The topological polar surface area (TPSA) is 114 Å². The number of nitrogens with zero attached hydrogens (tertiary/aromatic N) is 2. The highest BCUT2D eigenvalue weighted by atomic mass is 16.5. The number of azo groups is 1. The van der Waals surface area contributed by atoms with Gasteiger partial charge < -0.3 is 4.74 Å². The molecule has 0 unspecified atom stereocenters. The van der Waals surface area contributed by atoms with Crippen molar-refractivity contribution >= 4 is 34.9 Å². The predicted octanol–water partition coefficient (Wildman–Crippen LogP) is 11.9. The zero-order valence-corrected chi connectivity index (χ0v) is 31.1. The molecule has 0 aliphatic carbocycles. The van der Waals surface area contributed by atoms with Crippen molar-refractivity contribution in [2.75, 3.05) is 0 Å². The normalized spacial score (nSPS) is 12.1. The van der Waals surface area contributed by atoms with Crippen molar-refractivity contribution in [1.82, 2.24) is 5.32 Å². The van der Waals surface area contributed by atoms with Gasteiger partial charge in [0, 0.05) is 12.0 Å². The Labute approximate surface area is 310 Å². The van der Waals surface area contributed by atoms with Gasteiger partial charge in [0.25, 0.3) is 5.91 Å². The van der Waals surface area contributed by atoms with Crippen molar-refractivity contribution in [2.45, 2.75) is 104 Å². The third kappa shape index (κ3) is 19.8. The van der Waals surface area contributed by atoms with Gasteiger partial charge in [-0.05, 0) is 94.3 Å². The second-order valence-corrected chi connectivity index (χ2v) is 12.1. The molecule has 0 spiro atoms. The van der Waals surface area contributed by atoms with E-state index in [9.17, 15) is 19.2 Å². The molecule has 2 aromatic carbocycles. The number of allylic oxidation sites excluding steroid dienone is 11. The minimum Gasteiger partial charge on any atom is -0.426 e. The van der Waals surface area contributed by atoms with E-state index in [1.54, 1.807) is 36.4 Å². The van der Waals surface area contributed by atoms with E-state index >= 15 is 0 Å². The minimum absolute atomic E-state index is 0.0741. The second-order valence-electron chi connectivity index (χ2n) is 12.1. The average molecular weight is 706 g/mol. The zero-order chi connectivity index (χ0) is 37.7. The number of ether oxygens (including phenoxy) is 1. The van der Waals surface area contributed by atoms with Gasteiger partial charge in [0.1, 0.15) is 5.75 Å². The summed E-state index contributed by atoms with van der Waals surface area (Å²) in [6, 6.07) is 11.0. The van der Waals surface area contributed by atoms with Gasteiger partial charge in [-0.25, -0.2) is 0 Å². The second kappa shape index (κ2) is 27.5. The number of imide groups is 1. The highest BCUT2D eigenvalue weighted by Gasteiger charge is 2.14. The van der Waals surface area contributed by atoms with E-state index in [2.05, 4.69) is 84.1 Å². The van der Waals surface area contributed by atoms with Crippen molar-refractivity contribution < 1.29 is 23.9 Å². The maximum Gasteiger partial charge on any atom is 0.315 e. The van der Waals surface area contributed by atoms with Crippen LogP contribution in [0.2, 0.25) is 0 Å². The minimum atomic E-state index is -0.477. The smallest absolute Gasteiger partial charge is 0.315 e. The number of ketones is 1. The Morgan fingerprint density at radius 3 is 1.71 bits per heavy atom. The third-order valence-electron chi connectivity index (χ3n) is 7.62. The predicted molar refractivity (Wildman–Crippen MR) is 211 cm³/mol. The molecule has 8 heteroatoms. The van der Waals surface area contributed by atoms with E-state index in [4.69, 9.17) is 4.74 Å². The summed E-state index contributed by atoms with van der Waals surface area (Å²) in [6.07, 6.45) is 36.2. The SMILES string of the molecule is CCC=CCC=CCC=CCC=CCC=CCC=CCC(=O)Oc1ccc(N=Nc2ccc(C(=O)NC(=O)CCCCCCC)cc2)cc1C(C)=O. The van der Waals surface area contributed by atoms with Crippen molar-refractivity contribution in [2.24, 2.45) is 10.2 Å². The van der Waals surface area contributed by atoms with E-state index in [-0.39, 0.29) is 29.4 Å². The lowest BCUT2D eigenvalue weighted by molar-refractivity contribution is -0.133. The van der Waals surface area contributed by atoms with Crippen LogP contribution in [0.1, 0.15) is 125 Å². The fraction of sp³-hybridized carbons (Fsp3) is 0.364. The Morgan fingerprint density at radius 1 is 0.635 bits per heavy atom. The molecule has 2 aromatic rings. The molecule has 2 amide bonds. The maximum atomic E-state index is 12.5. The van der Waals surface area contributed by atoms with Gasteiger partial charge >= 0.3 is 5.97 Å². The number of hydrogen-bond acceptors (Lipinski definition) is 7. The van der Waals surface area contributed by atoms with E-state index < -0.39 is 11.9 Å². The standard InChI is InChI=1S/C44H55N3O5/c1-4-6-8-10-11-12-13-14-15-16-17-18-19-20-21-22-24-26-28-43(50)52-41-34-33-39(35-40(41)36(3)48)47-46-38-31-29-37(30-32-38)44(51)45-42(49)27-25-23-9-7-5-2/h6,8,11-12,14-15,17-18,20-21,24,26,29-35H,4-5,7,9-10,13,16,19,22-23,25,27-28H2,1-3H3,(H,45,49,51). The quantitative estimate of drug-likeness (QED) is 0.0291. The number of rotatable bonds is 24. The van der Waals surface area contributed by atoms with Crippen molar-refractivity contribution in [3.63, 3.8) is 0 Å². The molecule has 0 atom stereocenters. The largest absolute Gasteiger partial charge is 0.426 e. The maximum absolute atomic E-state index is 12.5. The van der Waals surface area contributed by atoms with Crippen LogP contribution in [0.15, 0.2) is 126 Å². The molecule has 0 radical (unpaired) electrons. The molecule has 52 heavy (non-hydrogen) atoms. The summed E-state index contributed by atoms with van der Waals surface area (Å²) < 4.78 is 5.47. The summed E-state index contributed by atoms with van der Waals surface area (Å²) in [5.41, 5.74) is 1.44. The molecule has 0 fully saturated rings. The molecule has 0 bridgehead atoms. The molecule has 0 saturated carbocycles. The Kier molecular flexibility index (Phi) is 22.7. The van der Waals surface area contributed by atoms with Crippen LogP contribution >= 0.6 is 0 Å². The van der Waals surface area contributed by atoms with Crippen molar-refractivity contribution in [1.29, 1.82) is 0 Å². The first-order chi connectivity index (χ1) is 25.3. The average Bonchev–Trinajstić information content (AvgIpc) is 3.14. The highest BCUT2D eigenvalue weighted by molar-refractivity contribution is 6.04. The summed E-state index contributed by atoms with van der Waals surface area (Å²) in [6.45, 7) is 5.66. The molecule has 8 nitrogen and oxygen atoms in total. The number of Topliss-reactive ketones (excluding diaryl/α,β-unsaturated/α-hetero) is 1. The van der Waals surface area contributed by atoms with Crippen molar-refractivity contribution in [3.8, 4) is 5.75 Å². The van der Waals surface area contributed by atoms with Crippen LogP contribution < -0.4 is 10.1 Å². The third-order valence-corrected chi connectivity index (χ3v) is 7.62. The number of carbonyl (C=O) groups is 4. The molecular weight excluding hydrogens is 650 g/mol. The van der Waals surface area contributed by atoms with Crippen LogP contribution in [0.5, 0.6) is 5.75 Å². The summed E-state index contributed by atoms with van der Waals surface area (Å²) in [7, 11) is 0. The number of nitrogens with one attached hydrogen (secondary N) is 1. The molecular formula is C44H55N3O5. The van der Waals surface area contributed by atoms with Crippen LogP contribution in [0.4, 0.5) is 11.4 Å². The number of carbonyl (C=O) groups excluding carboxylic acids is 4. The van der Waals surface area contributed by atoms with E-state index in [0.717, 1.165) is 64.2 Å². The van der Waals surface area contributed by atoms with Gasteiger partial charge in [-0.3, -0.25) is 24.5 Å². The molecule has 0 aliphatic heterocycles. The highest BCUT2D eigenvalue weighted by Crippen LogP contribution is 2.27. The summed E-state index contributed by atoms with van der Waals surface area (Å²) in [5.74, 6) is -1.34. The molecule has 2 rings (SSSR count). The fourth-order valence-corrected chi connectivity index (χ4v) is 4.76. The molecule has 0 aromatic heterocycles. The van der Waals surface area contributed by atoms with Gasteiger partial charge in [0.05, 0.1) is 23.4 Å². The van der Waals surface area contributed by atoms with Crippen LogP contribution in [0.3, 0.4) is 0 Å². The Bertz CT molecular complexity index is 1610. The monoisotopic (exact) mass is 705 g/mol. The Balaban J connectivity index is 1.75. The summed E-state index contributed by atoms with van der Waals surface area (Å²) >= 11 is 0. The van der Waals surface area contributed by atoms with Crippen LogP contribution in [-0.4, -0.2) is 23.6 Å². The molecule has 0 heterocycles. The van der Waals surface area contributed by atoms with E-state index in [0.29, 0.717) is 29.8 Å². The molecule has 276 valence electrons. The van der Waals surface area contributed by atoms with Gasteiger partial charge in [-0.15, -0.1) is 0 Å². The number of amides is 2. The van der Waals surface area contributed by atoms with Crippen LogP contribution in [0, 0.1) is 0 Å². The number of esters is 1. The molecule has 0 aliphatic rings. The van der Waals surface area contributed by atoms with Gasteiger partial charge in [-0.1, -0.05) is 112 Å². The van der Waals surface area contributed by atoms with Crippen molar-refractivity contribution in [3.05, 3.63) is 127 Å². The van der Waals surface area contributed by atoms with Gasteiger partial charge in [-0.2, -0.15) is 10.2 Å². The number of hydrogen-bond donors (Lipinski definition) is 1. The lowest BCUT2D eigenvalue weighted by Crippen LogP contribution is -2.30.